The average molecular weight is 364 g/mol. The summed E-state index contributed by atoms with van der Waals surface area (Å²) in [7, 11) is 0. The van der Waals surface area contributed by atoms with Crippen molar-refractivity contribution in [1.29, 1.82) is 0 Å². The van der Waals surface area contributed by atoms with Gasteiger partial charge >= 0.3 is 0 Å². The lowest BCUT2D eigenvalue weighted by atomic mass is 10.0. The van der Waals surface area contributed by atoms with Gasteiger partial charge < -0.3 is 10.2 Å². The molecular weight excluding hydrogens is 336 g/mol. The molecule has 1 unspecified atom stereocenters. The maximum Gasteiger partial charge on any atom is 0.227 e. The van der Waals surface area contributed by atoms with Crippen LogP contribution in [0.4, 0.5) is 5.69 Å². The Bertz CT molecular complexity index is 769. The Morgan fingerprint density at radius 3 is 2.48 bits per heavy atom. The van der Waals surface area contributed by atoms with Crippen LogP contribution in [0, 0.1) is 5.92 Å². The van der Waals surface area contributed by atoms with E-state index in [1.807, 2.05) is 30.3 Å². The van der Waals surface area contributed by atoms with Crippen LogP contribution in [0.2, 0.25) is 0 Å². The summed E-state index contributed by atoms with van der Waals surface area (Å²) in [4.78, 5) is 26.5. The Morgan fingerprint density at radius 1 is 1.11 bits per heavy atom. The van der Waals surface area contributed by atoms with E-state index >= 15 is 0 Å². The molecule has 0 bridgehead atoms. The Balaban J connectivity index is 1.48. The molecule has 0 saturated carbocycles. The van der Waals surface area contributed by atoms with Crippen molar-refractivity contribution in [3.8, 4) is 0 Å². The van der Waals surface area contributed by atoms with Crippen LogP contribution >= 0.6 is 0 Å². The van der Waals surface area contributed by atoms with E-state index in [4.69, 9.17) is 0 Å². The molecule has 4 heteroatoms. The average Bonchev–Trinajstić information content (AvgIpc) is 3.08. The third-order valence-corrected chi connectivity index (χ3v) is 5.15. The van der Waals surface area contributed by atoms with Gasteiger partial charge in [0, 0.05) is 25.2 Å². The number of anilines is 1. The number of hydrogen-bond donors (Lipinski definition) is 1. The molecule has 1 saturated heterocycles. The van der Waals surface area contributed by atoms with Crippen molar-refractivity contribution in [1.82, 2.24) is 5.32 Å². The van der Waals surface area contributed by atoms with Gasteiger partial charge in [-0.1, -0.05) is 56.3 Å². The largest absolute Gasteiger partial charge is 0.356 e. The molecule has 1 N–H and O–H groups in total. The number of amides is 2. The van der Waals surface area contributed by atoms with Gasteiger partial charge in [-0.2, -0.15) is 0 Å². The van der Waals surface area contributed by atoms with Gasteiger partial charge in [0.25, 0.3) is 0 Å². The summed E-state index contributed by atoms with van der Waals surface area (Å²) in [6.45, 7) is 5.40. The number of hydrogen-bond acceptors (Lipinski definition) is 2. The molecule has 1 atom stereocenters. The molecule has 0 radical (unpaired) electrons. The van der Waals surface area contributed by atoms with Gasteiger partial charge in [-0.3, -0.25) is 9.59 Å². The fourth-order valence-corrected chi connectivity index (χ4v) is 3.47. The van der Waals surface area contributed by atoms with Crippen LogP contribution in [0.15, 0.2) is 54.6 Å². The molecule has 27 heavy (non-hydrogen) atoms. The highest BCUT2D eigenvalue weighted by Crippen LogP contribution is 2.27. The van der Waals surface area contributed by atoms with Crippen LogP contribution in [0.25, 0.3) is 0 Å². The van der Waals surface area contributed by atoms with Gasteiger partial charge in [0.15, 0.2) is 0 Å². The summed E-state index contributed by atoms with van der Waals surface area (Å²) < 4.78 is 0. The second kappa shape index (κ2) is 8.85. The van der Waals surface area contributed by atoms with Crippen molar-refractivity contribution in [2.24, 2.45) is 5.92 Å². The van der Waals surface area contributed by atoms with Crippen molar-refractivity contribution in [2.75, 3.05) is 18.0 Å². The van der Waals surface area contributed by atoms with E-state index in [0.29, 0.717) is 19.0 Å². The maximum absolute atomic E-state index is 12.4. The minimum atomic E-state index is -0.265. The van der Waals surface area contributed by atoms with Crippen molar-refractivity contribution in [2.45, 2.75) is 39.0 Å². The monoisotopic (exact) mass is 364 g/mol. The lowest BCUT2D eigenvalue weighted by molar-refractivity contribution is -0.126. The summed E-state index contributed by atoms with van der Waals surface area (Å²) in [5.41, 5.74) is 3.40. The molecule has 0 spiro atoms. The van der Waals surface area contributed by atoms with E-state index < -0.39 is 0 Å². The van der Waals surface area contributed by atoms with Crippen molar-refractivity contribution < 1.29 is 9.59 Å². The molecule has 2 aromatic rings. The van der Waals surface area contributed by atoms with Gasteiger partial charge in [0.05, 0.1) is 5.92 Å². The minimum absolute atomic E-state index is 0.0160. The van der Waals surface area contributed by atoms with E-state index in [2.05, 4.69) is 43.4 Å². The molecular formula is C23H28N2O2. The first kappa shape index (κ1) is 19.2. The summed E-state index contributed by atoms with van der Waals surface area (Å²) in [6.07, 6.45) is 2.13. The number of nitrogens with zero attached hydrogens (tertiary/aromatic N) is 1. The third-order valence-electron chi connectivity index (χ3n) is 5.15. The molecule has 4 nitrogen and oxygen atoms in total. The van der Waals surface area contributed by atoms with Crippen LogP contribution in [-0.4, -0.2) is 24.9 Å². The maximum atomic E-state index is 12.4. The van der Waals surface area contributed by atoms with Crippen LogP contribution in [-0.2, 0) is 16.0 Å². The number of nitrogens with one attached hydrogen (secondary N) is 1. The summed E-state index contributed by atoms with van der Waals surface area (Å²) in [6, 6.07) is 18.3. The smallest absolute Gasteiger partial charge is 0.227 e. The lowest BCUT2D eigenvalue weighted by Crippen LogP contribution is -2.33. The van der Waals surface area contributed by atoms with E-state index in [-0.39, 0.29) is 24.2 Å². The number of benzene rings is 2. The molecule has 1 fully saturated rings. The molecule has 142 valence electrons. The zero-order valence-electron chi connectivity index (χ0n) is 16.2. The first-order valence-corrected chi connectivity index (χ1v) is 9.76. The van der Waals surface area contributed by atoms with Gasteiger partial charge in [0.2, 0.25) is 11.8 Å². The van der Waals surface area contributed by atoms with Crippen LogP contribution in [0.5, 0.6) is 0 Å². The highest BCUT2D eigenvalue weighted by molar-refractivity contribution is 6.00. The SMILES string of the molecule is CC(C)c1ccc(N2CC(C(=O)NCCCc3ccccc3)CC2=O)cc1. The predicted octanol–water partition coefficient (Wildman–Crippen LogP) is 3.91. The summed E-state index contributed by atoms with van der Waals surface area (Å²) in [5, 5.41) is 2.99. The normalized spacial score (nSPS) is 16.8. The van der Waals surface area contributed by atoms with E-state index in [0.717, 1.165) is 18.5 Å². The highest BCUT2D eigenvalue weighted by atomic mass is 16.2. The number of aryl methyl sites for hydroxylation is 1. The topological polar surface area (TPSA) is 49.4 Å². The number of rotatable bonds is 7. The van der Waals surface area contributed by atoms with Crippen LogP contribution in [0.1, 0.15) is 43.7 Å². The molecule has 1 aliphatic rings. The quantitative estimate of drug-likeness (QED) is 0.757. The fourth-order valence-electron chi connectivity index (χ4n) is 3.47. The molecule has 3 rings (SSSR count). The van der Waals surface area contributed by atoms with E-state index in [1.165, 1.54) is 11.1 Å². The highest BCUT2D eigenvalue weighted by Gasteiger charge is 2.34. The summed E-state index contributed by atoms with van der Waals surface area (Å²) in [5.74, 6) is 0.205. The van der Waals surface area contributed by atoms with Crippen molar-refractivity contribution in [3.05, 3.63) is 65.7 Å². The standard InChI is InChI=1S/C23H28N2O2/c1-17(2)19-10-12-21(13-11-19)25-16-20(15-22(25)26)23(27)24-14-6-9-18-7-4-3-5-8-18/h3-5,7-8,10-13,17,20H,6,9,14-16H2,1-2H3,(H,24,27). The zero-order chi connectivity index (χ0) is 19.2. The van der Waals surface area contributed by atoms with Gasteiger partial charge in [-0.15, -0.1) is 0 Å². The number of carbonyl (C=O) groups is 2. The van der Waals surface area contributed by atoms with E-state index in [9.17, 15) is 9.59 Å². The summed E-state index contributed by atoms with van der Waals surface area (Å²) >= 11 is 0. The minimum Gasteiger partial charge on any atom is -0.356 e. The third kappa shape index (κ3) is 4.97. The molecule has 0 aliphatic carbocycles. The molecule has 1 aliphatic heterocycles. The zero-order valence-corrected chi connectivity index (χ0v) is 16.2. The molecule has 0 aromatic heterocycles. The Hall–Kier alpha value is -2.62. The van der Waals surface area contributed by atoms with Crippen molar-refractivity contribution in [3.63, 3.8) is 0 Å². The van der Waals surface area contributed by atoms with Crippen molar-refractivity contribution >= 4 is 17.5 Å². The molecule has 2 aromatic carbocycles. The van der Waals surface area contributed by atoms with Crippen LogP contribution in [0.3, 0.4) is 0 Å². The Morgan fingerprint density at radius 2 is 1.81 bits per heavy atom. The second-order valence-electron chi connectivity index (χ2n) is 7.53. The lowest BCUT2D eigenvalue weighted by Gasteiger charge is -2.17. The predicted molar refractivity (Wildman–Crippen MR) is 109 cm³/mol. The number of carbonyl (C=O) groups excluding carboxylic acids is 2. The van der Waals surface area contributed by atoms with Crippen LogP contribution < -0.4 is 10.2 Å². The molecule has 1 heterocycles. The first-order valence-electron chi connectivity index (χ1n) is 9.76. The Labute approximate surface area is 161 Å². The fraction of sp³-hybridized carbons (Fsp3) is 0.391. The second-order valence-corrected chi connectivity index (χ2v) is 7.53. The van der Waals surface area contributed by atoms with E-state index in [1.54, 1.807) is 4.90 Å². The van der Waals surface area contributed by atoms with Gasteiger partial charge in [-0.25, -0.2) is 0 Å². The Kier molecular flexibility index (Phi) is 6.28. The van der Waals surface area contributed by atoms with Gasteiger partial charge in [0.1, 0.15) is 0 Å². The van der Waals surface area contributed by atoms with Gasteiger partial charge in [-0.05, 0) is 42.0 Å². The molecule has 2 amide bonds. The first-order chi connectivity index (χ1) is 13.0.